The summed E-state index contributed by atoms with van der Waals surface area (Å²) in [6, 6.07) is 10.8. The monoisotopic (exact) mass is 280 g/mol. The van der Waals surface area contributed by atoms with Crippen LogP contribution in [0.3, 0.4) is 0 Å². The number of benzene rings is 1. The molecule has 0 aliphatic rings. The molecule has 0 radical (unpaired) electrons. The van der Waals surface area contributed by atoms with E-state index in [2.05, 4.69) is 15.4 Å². The first-order chi connectivity index (χ1) is 10.3. The Balaban J connectivity index is 1.64. The molecule has 0 aliphatic carbocycles. The van der Waals surface area contributed by atoms with E-state index in [0.717, 1.165) is 5.69 Å². The summed E-state index contributed by atoms with van der Waals surface area (Å²) in [4.78, 5) is 15.6. The lowest BCUT2D eigenvalue weighted by molar-refractivity contribution is -0.111. The van der Waals surface area contributed by atoms with Crippen molar-refractivity contribution in [1.82, 2.24) is 14.8 Å². The number of anilines is 1. The van der Waals surface area contributed by atoms with Crippen molar-refractivity contribution >= 4 is 17.7 Å². The number of nitrogens with one attached hydrogen (secondary N) is 1. The van der Waals surface area contributed by atoms with E-state index in [1.807, 2.05) is 12.1 Å². The maximum Gasteiger partial charge on any atom is 0.248 e. The molecule has 0 saturated heterocycles. The summed E-state index contributed by atoms with van der Waals surface area (Å²) >= 11 is 0. The molecular weight excluding hydrogens is 268 g/mol. The minimum atomic E-state index is -0.222. The SMILES string of the molecule is O=C(C=Cc1ccco1)Nc1ccc(-n2cncn2)cc1. The summed E-state index contributed by atoms with van der Waals surface area (Å²) in [5.74, 6) is 0.409. The van der Waals surface area contributed by atoms with Crippen molar-refractivity contribution in [3.8, 4) is 5.69 Å². The van der Waals surface area contributed by atoms with Gasteiger partial charge in [-0.05, 0) is 42.5 Å². The fraction of sp³-hybridized carbons (Fsp3) is 0. The van der Waals surface area contributed by atoms with E-state index >= 15 is 0 Å². The van der Waals surface area contributed by atoms with E-state index in [4.69, 9.17) is 4.42 Å². The molecule has 0 unspecified atom stereocenters. The van der Waals surface area contributed by atoms with E-state index in [1.165, 1.54) is 12.4 Å². The van der Waals surface area contributed by atoms with Crippen LogP contribution >= 0.6 is 0 Å². The van der Waals surface area contributed by atoms with Crippen LogP contribution in [-0.4, -0.2) is 20.7 Å². The third-order valence-electron chi connectivity index (χ3n) is 2.76. The zero-order chi connectivity index (χ0) is 14.5. The van der Waals surface area contributed by atoms with Gasteiger partial charge in [-0.25, -0.2) is 9.67 Å². The first-order valence-electron chi connectivity index (χ1n) is 6.29. The molecule has 3 rings (SSSR count). The molecule has 1 aromatic carbocycles. The third-order valence-corrected chi connectivity index (χ3v) is 2.76. The molecule has 104 valence electrons. The van der Waals surface area contributed by atoms with Gasteiger partial charge in [0.1, 0.15) is 18.4 Å². The van der Waals surface area contributed by atoms with Crippen LogP contribution < -0.4 is 5.32 Å². The van der Waals surface area contributed by atoms with Gasteiger partial charge in [0.15, 0.2) is 0 Å². The molecule has 1 amide bonds. The van der Waals surface area contributed by atoms with Gasteiger partial charge in [-0.15, -0.1) is 0 Å². The van der Waals surface area contributed by atoms with Crippen LogP contribution in [0.1, 0.15) is 5.76 Å². The Bertz CT molecular complexity index is 729. The van der Waals surface area contributed by atoms with Gasteiger partial charge in [0.25, 0.3) is 0 Å². The summed E-state index contributed by atoms with van der Waals surface area (Å²) < 4.78 is 6.75. The fourth-order valence-electron chi connectivity index (χ4n) is 1.77. The third kappa shape index (κ3) is 3.24. The van der Waals surface area contributed by atoms with Crippen LogP contribution in [-0.2, 0) is 4.79 Å². The zero-order valence-corrected chi connectivity index (χ0v) is 11.0. The number of rotatable bonds is 4. The van der Waals surface area contributed by atoms with Gasteiger partial charge in [0, 0.05) is 11.8 Å². The highest BCUT2D eigenvalue weighted by Gasteiger charge is 2.00. The molecular formula is C15H12N4O2. The Morgan fingerprint density at radius 2 is 2.10 bits per heavy atom. The number of aromatic nitrogens is 3. The van der Waals surface area contributed by atoms with Gasteiger partial charge in [-0.2, -0.15) is 5.10 Å². The van der Waals surface area contributed by atoms with Crippen molar-refractivity contribution in [2.45, 2.75) is 0 Å². The maximum absolute atomic E-state index is 11.8. The second-order valence-corrected chi connectivity index (χ2v) is 4.22. The van der Waals surface area contributed by atoms with Crippen molar-refractivity contribution in [3.05, 3.63) is 67.2 Å². The van der Waals surface area contributed by atoms with Gasteiger partial charge in [0.05, 0.1) is 12.0 Å². The average molecular weight is 280 g/mol. The van der Waals surface area contributed by atoms with E-state index in [9.17, 15) is 4.79 Å². The Morgan fingerprint density at radius 1 is 1.24 bits per heavy atom. The van der Waals surface area contributed by atoms with Gasteiger partial charge >= 0.3 is 0 Å². The number of hydrogen-bond donors (Lipinski definition) is 1. The molecule has 0 aliphatic heterocycles. The quantitative estimate of drug-likeness (QED) is 0.745. The van der Waals surface area contributed by atoms with Crippen molar-refractivity contribution in [3.63, 3.8) is 0 Å². The number of carbonyl (C=O) groups is 1. The standard InChI is InChI=1S/C15H12N4O2/c20-15(8-7-14-2-1-9-21-14)18-12-3-5-13(6-4-12)19-11-16-10-17-19/h1-11H,(H,18,20). The van der Waals surface area contributed by atoms with Gasteiger partial charge in [0.2, 0.25) is 5.91 Å². The van der Waals surface area contributed by atoms with Crippen LogP contribution in [0, 0.1) is 0 Å². The zero-order valence-electron chi connectivity index (χ0n) is 11.0. The highest BCUT2D eigenvalue weighted by Crippen LogP contribution is 2.12. The number of furan rings is 1. The van der Waals surface area contributed by atoms with Crippen LogP contribution in [0.5, 0.6) is 0 Å². The maximum atomic E-state index is 11.8. The topological polar surface area (TPSA) is 73.0 Å². The Morgan fingerprint density at radius 3 is 2.76 bits per heavy atom. The lowest BCUT2D eigenvalue weighted by Gasteiger charge is -2.04. The summed E-state index contributed by atoms with van der Waals surface area (Å²) in [5, 5.41) is 6.80. The lowest BCUT2D eigenvalue weighted by Crippen LogP contribution is -2.07. The minimum absolute atomic E-state index is 0.222. The van der Waals surface area contributed by atoms with E-state index < -0.39 is 0 Å². The highest BCUT2D eigenvalue weighted by molar-refractivity contribution is 6.01. The normalized spacial score (nSPS) is 10.9. The molecule has 3 aromatic rings. The van der Waals surface area contributed by atoms with Gasteiger partial charge in [-0.3, -0.25) is 4.79 Å². The summed E-state index contributed by atoms with van der Waals surface area (Å²) in [7, 11) is 0. The molecule has 0 atom stereocenters. The summed E-state index contributed by atoms with van der Waals surface area (Å²) in [6.07, 6.45) is 7.67. The van der Waals surface area contributed by atoms with Crippen LogP contribution in [0.25, 0.3) is 11.8 Å². The predicted molar refractivity (Wildman–Crippen MR) is 77.7 cm³/mol. The fourth-order valence-corrected chi connectivity index (χ4v) is 1.77. The van der Waals surface area contributed by atoms with Crippen molar-refractivity contribution in [2.24, 2.45) is 0 Å². The second-order valence-electron chi connectivity index (χ2n) is 4.22. The van der Waals surface area contributed by atoms with Crippen LogP contribution in [0.2, 0.25) is 0 Å². The first-order valence-corrected chi connectivity index (χ1v) is 6.29. The smallest absolute Gasteiger partial charge is 0.248 e. The lowest BCUT2D eigenvalue weighted by atomic mass is 10.2. The van der Waals surface area contributed by atoms with E-state index in [0.29, 0.717) is 11.4 Å². The highest BCUT2D eigenvalue weighted by atomic mass is 16.3. The van der Waals surface area contributed by atoms with E-state index in [1.54, 1.807) is 47.6 Å². The molecule has 2 aromatic heterocycles. The molecule has 6 heteroatoms. The van der Waals surface area contributed by atoms with Crippen molar-refractivity contribution in [2.75, 3.05) is 5.32 Å². The van der Waals surface area contributed by atoms with Crippen molar-refractivity contribution < 1.29 is 9.21 Å². The molecule has 0 fully saturated rings. The van der Waals surface area contributed by atoms with E-state index in [-0.39, 0.29) is 5.91 Å². The molecule has 2 heterocycles. The van der Waals surface area contributed by atoms with Crippen molar-refractivity contribution in [1.29, 1.82) is 0 Å². The number of hydrogen-bond acceptors (Lipinski definition) is 4. The minimum Gasteiger partial charge on any atom is -0.465 e. The average Bonchev–Trinajstić information content (AvgIpc) is 3.19. The second kappa shape index (κ2) is 5.87. The molecule has 6 nitrogen and oxygen atoms in total. The number of nitrogens with zero attached hydrogens (tertiary/aromatic N) is 3. The number of carbonyl (C=O) groups excluding carboxylic acids is 1. The van der Waals surface area contributed by atoms with Crippen LogP contribution in [0.4, 0.5) is 5.69 Å². The Kier molecular flexibility index (Phi) is 3.60. The van der Waals surface area contributed by atoms with Gasteiger partial charge < -0.3 is 9.73 Å². The summed E-state index contributed by atoms with van der Waals surface area (Å²) in [5.41, 5.74) is 1.57. The molecule has 21 heavy (non-hydrogen) atoms. The van der Waals surface area contributed by atoms with Gasteiger partial charge in [-0.1, -0.05) is 0 Å². The summed E-state index contributed by atoms with van der Waals surface area (Å²) in [6.45, 7) is 0. The molecule has 0 saturated carbocycles. The predicted octanol–water partition coefficient (Wildman–Crippen LogP) is 2.51. The Labute approximate surface area is 120 Å². The largest absolute Gasteiger partial charge is 0.465 e. The molecule has 0 spiro atoms. The molecule has 1 N–H and O–H groups in total. The van der Waals surface area contributed by atoms with Crippen LogP contribution in [0.15, 0.2) is 65.8 Å². The first kappa shape index (κ1) is 12.9. The Hall–Kier alpha value is -3.15. The number of amides is 1. The molecule has 0 bridgehead atoms.